The van der Waals surface area contributed by atoms with Gasteiger partial charge in [0.05, 0.1) is 33.5 Å². The van der Waals surface area contributed by atoms with Crippen LogP contribution in [-0.2, 0) is 0 Å². The van der Waals surface area contributed by atoms with Crippen molar-refractivity contribution < 1.29 is 18.8 Å². The maximum Gasteiger partial charge on any atom is 0.266 e. The molecule has 0 spiro atoms. The van der Waals surface area contributed by atoms with E-state index in [-0.39, 0.29) is 22.7 Å². The number of para-hydroxylation sites is 2. The molecule has 8 nitrogen and oxygen atoms in total. The van der Waals surface area contributed by atoms with Gasteiger partial charge in [-0.15, -0.1) is 0 Å². The number of halogens is 1. The summed E-state index contributed by atoms with van der Waals surface area (Å²) in [5.74, 6) is -0.878. The Bertz CT molecular complexity index is 1580. The van der Waals surface area contributed by atoms with E-state index in [1.165, 1.54) is 36.4 Å². The summed E-state index contributed by atoms with van der Waals surface area (Å²) in [6, 6.07) is 17.4. The molecule has 1 saturated heterocycles. The van der Waals surface area contributed by atoms with Gasteiger partial charge in [0, 0.05) is 31.7 Å². The van der Waals surface area contributed by atoms with Crippen molar-refractivity contribution in [2.75, 3.05) is 36.0 Å². The van der Waals surface area contributed by atoms with Crippen LogP contribution in [0.25, 0.3) is 11.0 Å². The number of nitrogens with zero attached hydrogens (tertiary/aromatic N) is 5. The van der Waals surface area contributed by atoms with Crippen LogP contribution < -0.4 is 9.80 Å². The summed E-state index contributed by atoms with van der Waals surface area (Å²) in [4.78, 5) is 53.5. The van der Waals surface area contributed by atoms with Crippen LogP contribution >= 0.6 is 0 Å². The summed E-state index contributed by atoms with van der Waals surface area (Å²) < 4.78 is 13.3. The average Bonchev–Trinajstić information content (AvgIpc) is 3.17. The maximum absolute atomic E-state index is 13.3. The van der Waals surface area contributed by atoms with Gasteiger partial charge in [0.15, 0.2) is 5.82 Å². The second-order valence-electron chi connectivity index (χ2n) is 9.08. The summed E-state index contributed by atoms with van der Waals surface area (Å²) in [7, 11) is 0. The molecular weight excluding hydrogens is 473 g/mol. The topological polar surface area (TPSA) is 86.7 Å². The van der Waals surface area contributed by atoms with Crippen LogP contribution in [0.5, 0.6) is 0 Å². The Morgan fingerprint density at radius 2 is 1.46 bits per heavy atom. The van der Waals surface area contributed by atoms with E-state index in [1.54, 1.807) is 11.0 Å². The molecule has 2 aliphatic rings. The van der Waals surface area contributed by atoms with E-state index in [0.29, 0.717) is 31.7 Å². The first kappa shape index (κ1) is 22.8. The summed E-state index contributed by atoms with van der Waals surface area (Å²) in [5.41, 5.74) is 3.53. The van der Waals surface area contributed by atoms with E-state index in [2.05, 4.69) is 9.88 Å². The maximum atomic E-state index is 13.3. The molecule has 2 aliphatic heterocycles. The molecule has 3 aromatic carbocycles. The van der Waals surface area contributed by atoms with Gasteiger partial charge in [0.2, 0.25) is 0 Å². The van der Waals surface area contributed by atoms with Gasteiger partial charge in [-0.05, 0) is 61.5 Å². The zero-order valence-electron chi connectivity index (χ0n) is 20.0. The third kappa shape index (κ3) is 3.88. The van der Waals surface area contributed by atoms with Gasteiger partial charge in [-0.25, -0.2) is 19.3 Å². The monoisotopic (exact) mass is 495 g/mol. The van der Waals surface area contributed by atoms with E-state index in [0.717, 1.165) is 27.4 Å². The van der Waals surface area contributed by atoms with Gasteiger partial charge in [-0.1, -0.05) is 12.1 Å². The highest BCUT2D eigenvalue weighted by molar-refractivity contribution is 6.34. The van der Waals surface area contributed by atoms with Gasteiger partial charge < -0.3 is 9.80 Å². The molecule has 9 heteroatoms. The number of benzene rings is 3. The Morgan fingerprint density at radius 1 is 0.811 bits per heavy atom. The van der Waals surface area contributed by atoms with Crippen LogP contribution in [0.2, 0.25) is 0 Å². The molecule has 0 aliphatic carbocycles. The van der Waals surface area contributed by atoms with Crippen molar-refractivity contribution in [3.63, 3.8) is 0 Å². The van der Waals surface area contributed by atoms with Crippen LogP contribution in [0.15, 0.2) is 66.7 Å². The molecule has 3 amide bonds. The minimum absolute atomic E-state index is 0.167. The number of aryl methyl sites for hydroxylation is 1. The largest absolute Gasteiger partial charge is 0.352 e. The molecule has 3 heterocycles. The first-order chi connectivity index (χ1) is 17.9. The highest BCUT2D eigenvalue weighted by Gasteiger charge is 2.37. The smallest absolute Gasteiger partial charge is 0.266 e. The number of piperazine rings is 1. The molecule has 1 aromatic heterocycles. The third-order valence-electron chi connectivity index (χ3n) is 6.80. The SMILES string of the molecule is Cc1nc2ccccc2nc1N1CCN(C(=O)c2ccc3c(c2)C(=O)N(c2ccc(F)cc2)C3=O)CC1. The van der Waals surface area contributed by atoms with E-state index in [1.807, 2.05) is 31.2 Å². The molecule has 1 fully saturated rings. The summed E-state index contributed by atoms with van der Waals surface area (Å²) >= 11 is 0. The number of rotatable bonds is 3. The molecule has 4 aromatic rings. The van der Waals surface area contributed by atoms with E-state index in [9.17, 15) is 18.8 Å². The van der Waals surface area contributed by atoms with E-state index in [4.69, 9.17) is 4.98 Å². The lowest BCUT2D eigenvalue weighted by Gasteiger charge is -2.36. The lowest BCUT2D eigenvalue weighted by atomic mass is 10.0. The molecular formula is C28H22FN5O3. The fourth-order valence-electron chi connectivity index (χ4n) is 4.88. The second-order valence-corrected chi connectivity index (χ2v) is 9.08. The van der Waals surface area contributed by atoms with Gasteiger partial charge in [-0.3, -0.25) is 14.4 Å². The predicted octanol–water partition coefficient (Wildman–Crippen LogP) is 3.84. The lowest BCUT2D eigenvalue weighted by Crippen LogP contribution is -2.49. The first-order valence-corrected chi connectivity index (χ1v) is 12.0. The van der Waals surface area contributed by atoms with Crippen LogP contribution in [0, 0.1) is 12.7 Å². The molecule has 0 bridgehead atoms. The van der Waals surface area contributed by atoms with Crippen molar-refractivity contribution in [3.05, 3.63) is 94.9 Å². The standard InChI is InChI=1S/C28H22FN5O3/c1-17-25(31-24-5-3-2-4-23(24)30-17)32-12-14-33(15-13-32)26(35)18-6-11-21-22(16-18)28(37)34(27(21)36)20-9-7-19(29)8-10-20/h2-11,16H,12-15H2,1H3. The van der Waals surface area contributed by atoms with Crippen molar-refractivity contribution in [2.45, 2.75) is 6.92 Å². The van der Waals surface area contributed by atoms with Crippen molar-refractivity contribution in [1.29, 1.82) is 0 Å². The second kappa shape index (κ2) is 8.77. The Morgan fingerprint density at radius 3 is 2.16 bits per heavy atom. The Labute approximate surface area is 212 Å². The number of amides is 3. The third-order valence-corrected chi connectivity index (χ3v) is 6.80. The fourth-order valence-corrected chi connectivity index (χ4v) is 4.88. The van der Waals surface area contributed by atoms with Crippen molar-refractivity contribution in [3.8, 4) is 0 Å². The number of hydrogen-bond donors (Lipinski definition) is 0. The van der Waals surface area contributed by atoms with Crippen LogP contribution in [0.1, 0.15) is 36.8 Å². The highest BCUT2D eigenvalue weighted by Crippen LogP contribution is 2.30. The molecule has 0 saturated carbocycles. The first-order valence-electron chi connectivity index (χ1n) is 12.0. The Balaban J connectivity index is 1.18. The molecule has 184 valence electrons. The van der Waals surface area contributed by atoms with E-state index < -0.39 is 17.6 Å². The van der Waals surface area contributed by atoms with E-state index >= 15 is 0 Å². The Hall–Kier alpha value is -4.66. The number of hydrogen-bond acceptors (Lipinski definition) is 6. The Kier molecular flexibility index (Phi) is 5.40. The number of aromatic nitrogens is 2. The van der Waals surface area contributed by atoms with Crippen molar-refractivity contribution in [1.82, 2.24) is 14.9 Å². The van der Waals surface area contributed by atoms with Gasteiger partial charge in [0.1, 0.15) is 5.82 Å². The van der Waals surface area contributed by atoms with Crippen LogP contribution in [0.4, 0.5) is 15.9 Å². The van der Waals surface area contributed by atoms with Crippen LogP contribution in [-0.4, -0.2) is 58.8 Å². The molecule has 0 N–H and O–H groups in total. The quantitative estimate of drug-likeness (QED) is 0.402. The van der Waals surface area contributed by atoms with Gasteiger partial charge >= 0.3 is 0 Å². The number of anilines is 2. The number of carbonyl (C=O) groups excluding carboxylic acids is 3. The van der Waals surface area contributed by atoms with Crippen molar-refractivity contribution >= 4 is 40.3 Å². The summed E-state index contributed by atoms with van der Waals surface area (Å²) in [6.07, 6.45) is 0. The zero-order valence-corrected chi connectivity index (χ0v) is 20.0. The van der Waals surface area contributed by atoms with Crippen molar-refractivity contribution in [2.24, 2.45) is 0 Å². The van der Waals surface area contributed by atoms with Gasteiger partial charge in [-0.2, -0.15) is 0 Å². The number of fused-ring (bicyclic) bond motifs is 2. The average molecular weight is 496 g/mol. The highest BCUT2D eigenvalue weighted by atomic mass is 19.1. The normalized spacial score (nSPS) is 15.5. The molecule has 0 radical (unpaired) electrons. The molecule has 6 rings (SSSR count). The predicted molar refractivity (Wildman–Crippen MR) is 136 cm³/mol. The van der Waals surface area contributed by atoms with Crippen LogP contribution in [0.3, 0.4) is 0 Å². The van der Waals surface area contributed by atoms with Gasteiger partial charge in [0.25, 0.3) is 17.7 Å². The minimum Gasteiger partial charge on any atom is -0.352 e. The summed E-state index contributed by atoms with van der Waals surface area (Å²) in [6.45, 7) is 4.10. The minimum atomic E-state index is -0.531. The molecule has 0 unspecified atom stereocenters. The zero-order chi connectivity index (χ0) is 25.7. The fraction of sp³-hybridized carbons (Fsp3) is 0.179. The lowest BCUT2D eigenvalue weighted by molar-refractivity contribution is 0.0746. The number of imide groups is 1. The summed E-state index contributed by atoms with van der Waals surface area (Å²) in [5, 5.41) is 0. The molecule has 0 atom stereocenters. The molecule has 37 heavy (non-hydrogen) atoms. The number of carbonyl (C=O) groups is 3.